The molecular formula is C13H9BrClNO. The van der Waals surface area contributed by atoms with Gasteiger partial charge in [0.15, 0.2) is 0 Å². The van der Waals surface area contributed by atoms with Crippen molar-refractivity contribution in [3.8, 4) is 0 Å². The zero-order valence-corrected chi connectivity index (χ0v) is 11.1. The average molecular weight is 311 g/mol. The molecule has 2 aromatic rings. The van der Waals surface area contributed by atoms with E-state index in [0.29, 0.717) is 10.6 Å². The lowest BCUT2D eigenvalue weighted by Gasteiger charge is -2.05. The second-order valence-corrected chi connectivity index (χ2v) is 4.82. The first-order chi connectivity index (χ1) is 8.15. The van der Waals surface area contributed by atoms with Gasteiger partial charge in [0.25, 0.3) is 5.91 Å². The minimum absolute atomic E-state index is 0.153. The summed E-state index contributed by atoms with van der Waals surface area (Å²) in [6.07, 6.45) is 0. The fraction of sp³-hybridized carbons (Fsp3) is 0. The molecule has 0 aliphatic carbocycles. The third kappa shape index (κ3) is 3.32. The van der Waals surface area contributed by atoms with Crippen LogP contribution in [0.1, 0.15) is 10.4 Å². The third-order valence-corrected chi connectivity index (χ3v) is 2.93. The Morgan fingerprint density at radius 3 is 2.47 bits per heavy atom. The van der Waals surface area contributed by atoms with E-state index in [9.17, 15) is 4.79 Å². The van der Waals surface area contributed by atoms with Gasteiger partial charge in [-0.2, -0.15) is 0 Å². The summed E-state index contributed by atoms with van der Waals surface area (Å²) in [5, 5.41) is 3.42. The molecule has 0 atom stereocenters. The zero-order valence-electron chi connectivity index (χ0n) is 8.78. The monoisotopic (exact) mass is 309 g/mol. The number of halogens is 2. The van der Waals surface area contributed by atoms with Crippen LogP contribution in [0.5, 0.6) is 0 Å². The van der Waals surface area contributed by atoms with Gasteiger partial charge in [-0.15, -0.1) is 0 Å². The normalized spacial score (nSPS) is 10.0. The molecule has 17 heavy (non-hydrogen) atoms. The Hall–Kier alpha value is -1.32. The second kappa shape index (κ2) is 5.34. The maximum absolute atomic E-state index is 11.9. The van der Waals surface area contributed by atoms with Gasteiger partial charge in [0, 0.05) is 20.7 Å². The molecule has 0 radical (unpaired) electrons. The van der Waals surface area contributed by atoms with Crippen molar-refractivity contribution >= 4 is 39.1 Å². The van der Waals surface area contributed by atoms with Gasteiger partial charge in [-0.3, -0.25) is 4.79 Å². The van der Waals surface area contributed by atoms with Crippen molar-refractivity contribution in [3.63, 3.8) is 0 Å². The lowest BCUT2D eigenvalue weighted by Crippen LogP contribution is -2.11. The van der Waals surface area contributed by atoms with E-state index >= 15 is 0 Å². The number of hydrogen-bond donors (Lipinski definition) is 1. The van der Waals surface area contributed by atoms with Crippen LogP contribution in [-0.4, -0.2) is 5.91 Å². The standard InChI is InChI=1S/C13H9BrClNO/c14-10-2-1-3-12(8-10)16-13(17)9-4-6-11(15)7-5-9/h1-8H,(H,16,17). The molecular weight excluding hydrogens is 302 g/mol. The highest BCUT2D eigenvalue weighted by Crippen LogP contribution is 2.17. The minimum atomic E-state index is -0.153. The van der Waals surface area contributed by atoms with Gasteiger partial charge in [0.05, 0.1) is 0 Å². The molecule has 0 saturated heterocycles. The Balaban J connectivity index is 2.14. The minimum Gasteiger partial charge on any atom is -0.322 e. The second-order valence-electron chi connectivity index (χ2n) is 3.47. The van der Waals surface area contributed by atoms with Gasteiger partial charge in [-0.25, -0.2) is 0 Å². The molecule has 0 aromatic heterocycles. The number of anilines is 1. The van der Waals surface area contributed by atoms with Crippen molar-refractivity contribution in [1.29, 1.82) is 0 Å². The Labute approximate surface area is 113 Å². The van der Waals surface area contributed by atoms with E-state index in [-0.39, 0.29) is 5.91 Å². The number of amides is 1. The number of carbonyl (C=O) groups is 1. The smallest absolute Gasteiger partial charge is 0.255 e. The summed E-state index contributed by atoms with van der Waals surface area (Å²) in [5.41, 5.74) is 1.33. The van der Waals surface area contributed by atoms with E-state index < -0.39 is 0 Å². The molecule has 0 saturated carbocycles. The molecule has 1 N–H and O–H groups in total. The number of nitrogens with one attached hydrogen (secondary N) is 1. The van der Waals surface area contributed by atoms with Gasteiger partial charge < -0.3 is 5.32 Å². The van der Waals surface area contributed by atoms with Crippen molar-refractivity contribution in [1.82, 2.24) is 0 Å². The molecule has 1 amide bonds. The van der Waals surface area contributed by atoms with E-state index in [1.54, 1.807) is 24.3 Å². The lowest BCUT2D eigenvalue weighted by molar-refractivity contribution is 0.102. The summed E-state index contributed by atoms with van der Waals surface area (Å²) in [6.45, 7) is 0. The van der Waals surface area contributed by atoms with Crippen molar-refractivity contribution in [2.75, 3.05) is 5.32 Å². The van der Waals surface area contributed by atoms with Crippen LogP contribution in [0, 0.1) is 0 Å². The summed E-state index contributed by atoms with van der Waals surface area (Å²) < 4.78 is 0.923. The molecule has 0 aliphatic rings. The Bertz CT molecular complexity index is 539. The summed E-state index contributed by atoms with van der Waals surface area (Å²) in [6, 6.07) is 14.2. The number of carbonyl (C=O) groups excluding carboxylic acids is 1. The lowest BCUT2D eigenvalue weighted by atomic mass is 10.2. The van der Waals surface area contributed by atoms with E-state index in [1.165, 1.54) is 0 Å². The van der Waals surface area contributed by atoms with Crippen molar-refractivity contribution in [2.24, 2.45) is 0 Å². The zero-order chi connectivity index (χ0) is 12.3. The summed E-state index contributed by atoms with van der Waals surface area (Å²) in [4.78, 5) is 11.9. The molecule has 0 heterocycles. The van der Waals surface area contributed by atoms with E-state index in [4.69, 9.17) is 11.6 Å². The van der Waals surface area contributed by atoms with Crippen LogP contribution in [0.15, 0.2) is 53.0 Å². The van der Waals surface area contributed by atoms with Gasteiger partial charge in [0.1, 0.15) is 0 Å². The maximum Gasteiger partial charge on any atom is 0.255 e. The number of hydrogen-bond acceptors (Lipinski definition) is 1. The first kappa shape index (κ1) is 12.1. The molecule has 0 aliphatic heterocycles. The Kier molecular flexibility index (Phi) is 3.82. The summed E-state index contributed by atoms with van der Waals surface area (Å²) in [7, 11) is 0. The first-order valence-electron chi connectivity index (χ1n) is 4.97. The van der Waals surface area contributed by atoms with E-state index in [0.717, 1.165) is 10.2 Å². The highest BCUT2D eigenvalue weighted by Gasteiger charge is 2.05. The fourth-order valence-electron chi connectivity index (χ4n) is 1.37. The quantitative estimate of drug-likeness (QED) is 0.877. The highest BCUT2D eigenvalue weighted by atomic mass is 79.9. The van der Waals surface area contributed by atoms with Crippen LogP contribution >= 0.6 is 27.5 Å². The van der Waals surface area contributed by atoms with Crippen molar-refractivity contribution in [3.05, 3.63) is 63.6 Å². The van der Waals surface area contributed by atoms with Gasteiger partial charge >= 0.3 is 0 Å². The first-order valence-corrected chi connectivity index (χ1v) is 6.15. The Morgan fingerprint density at radius 1 is 1.12 bits per heavy atom. The van der Waals surface area contributed by atoms with Crippen LogP contribution < -0.4 is 5.32 Å². The molecule has 4 heteroatoms. The largest absolute Gasteiger partial charge is 0.322 e. The molecule has 2 rings (SSSR count). The molecule has 2 aromatic carbocycles. The SMILES string of the molecule is O=C(Nc1cccc(Br)c1)c1ccc(Cl)cc1. The van der Waals surface area contributed by atoms with Crippen LogP contribution in [0.4, 0.5) is 5.69 Å². The van der Waals surface area contributed by atoms with Crippen LogP contribution in [-0.2, 0) is 0 Å². The maximum atomic E-state index is 11.9. The van der Waals surface area contributed by atoms with Gasteiger partial charge in [0.2, 0.25) is 0 Å². The number of rotatable bonds is 2. The average Bonchev–Trinajstić information content (AvgIpc) is 2.29. The highest BCUT2D eigenvalue weighted by molar-refractivity contribution is 9.10. The summed E-state index contributed by atoms with van der Waals surface area (Å²) >= 11 is 9.11. The molecule has 0 spiro atoms. The topological polar surface area (TPSA) is 29.1 Å². The van der Waals surface area contributed by atoms with E-state index in [1.807, 2.05) is 24.3 Å². The molecule has 86 valence electrons. The molecule has 0 bridgehead atoms. The van der Waals surface area contributed by atoms with Crippen LogP contribution in [0.25, 0.3) is 0 Å². The van der Waals surface area contributed by atoms with Crippen molar-refractivity contribution < 1.29 is 4.79 Å². The van der Waals surface area contributed by atoms with Crippen LogP contribution in [0.3, 0.4) is 0 Å². The van der Waals surface area contributed by atoms with Crippen LogP contribution in [0.2, 0.25) is 5.02 Å². The van der Waals surface area contributed by atoms with Crippen molar-refractivity contribution in [2.45, 2.75) is 0 Å². The van der Waals surface area contributed by atoms with E-state index in [2.05, 4.69) is 21.2 Å². The summed E-state index contributed by atoms with van der Waals surface area (Å²) in [5.74, 6) is -0.153. The Morgan fingerprint density at radius 2 is 1.82 bits per heavy atom. The molecule has 0 unspecified atom stereocenters. The predicted octanol–water partition coefficient (Wildman–Crippen LogP) is 4.35. The predicted molar refractivity (Wildman–Crippen MR) is 73.5 cm³/mol. The molecule has 0 fully saturated rings. The molecule has 2 nitrogen and oxygen atoms in total. The third-order valence-electron chi connectivity index (χ3n) is 2.19. The number of benzene rings is 2. The van der Waals surface area contributed by atoms with Gasteiger partial charge in [-0.1, -0.05) is 33.6 Å². The van der Waals surface area contributed by atoms with Gasteiger partial charge in [-0.05, 0) is 42.5 Å². The fourth-order valence-corrected chi connectivity index (χ4v) is 1.90.